The molecular formula is C21H24N2O2. The van der Waals surface area contributed by atoms with Gasteiger partial charge in [-0.05, 0) is 35.8 Å². The zero-order chi connectivity index (χ0) is 18.2. The van der Waals surface area contributed by atoms with Crippen LogP contribution in [0.1, 0.15) is 18.1 Å². The van der Waals surface area contributed by atoms with Crippen molar-refractivity contribution in [1.29, 1.82) is 0 Å². The van der Waals surface area contributed by atoms with Crippen LogP contribution in [0.5, 0.6) is 5.75 Å². The summed E-state index contributed by atoms with van der Waals surface area (Å²) in [7, 11) is 3.87. The first-order valence-corrected chi connectivity index (χ1v) is 8.14. The Morgan fingerprint density at radius 2 is 1.72 bits per heavy atom. The predicted molar refractivity (Wildman–Crippen MR) is 102 cm³/mol. The number of nitrogens with zero attached hydrogens (tertiary/aromatic N) is 1. The van der Waals surface area contributed by atoms with Gasteiger partial charge in [-0.3, -0.25) is 4.79 Å². The first-order valence-electron chi connectivity index (χ1n) is 8.14. The van der Waals surface area contributed by atoms with Gasteiger partial charge in [0.2, 0.25) is 5.91 Å². The summed E-state index contributed by atoms with van der Waals surface area (Å²) in [5, 5.41) is 12.2. The van der Waals surface area contributed by atoms with E-state index in [1.165, 1.54) is 0 Å². The maximum Gasteiger partial charge on any atom is 0.248 e. The minimum Gasteiger partial charge on any atom is -0.508 e. The minimum atomic E-state index is -0.161. The van der Waals surface area contributed by atoms with E-state index < -0.39 is 0 Å². The number of benzene rings is 2. The lowest BCUT2D eigenvalue weighted by Crippen LogP contribution is -2.21. The molecule has 2 aromatic rings. The molecule has 0 spiro atoms. The zero-order valence-electron chi connectivity index (χ0n) is 14.9. The van der Waals surface area contributed by atoms with Crippen molar-refractivity contribution in [3.05, 3.63) is 83.7 Å². The van der Waals surface area contributed by atoms with E-state index in [-0.39, 0.29) is 11.7 Å². The summed E-state index contributed by atoms with van der Waals surface area (Å²) >= 11 is 0. The lowest BCUT2D eigenvalue weighted by molar-refractivity contribution is -0.115. The van der Waals surface area contributed by atoms with Crippen molar-refractivity contribution in [2.75, 3.05) is 14.1 Å². The van der Waals surface area contributed by atoms with Gasteiger partial charge in [0.15, 0.2) is 0 Å². The molecule has 0 unspecified atom stereocenters. The molecule has 2 N–H and O–H groups in total. The molecule has 4 nitrogen and oxygen atoms in total. The molecule has 1 amide bonds. The Bertz CT molecular complexity index is 760. The molecule has 0 saturated heterocycles. The van der Waals surface area contributed by atoms with Gasteiger partial charge in [0.05, 0.1) is 0 Å². The number of carbonyl (C=O) groups excluding carboxylic acids is 1. The third-order valence-corrected chi connectivity index (χ3v) is 3.85. The highest BCUT2D eigenvalue weighted by Gasteiger charge is 2.04. The third kappa shape index (κ3) is 5.84. The highest BCUT2D eigenvalue weighted by Crippen LogP contribution is 2.15. The van der Waals surface area contributed by atoms with Crippen LogP contribution >= 0.6 is 0 Å². The summed E-state index contributed by atoms with van der Waals surface area (Å²) in [6.45, 7) is 1.92. The van der Waals surface area contributed by atoms with Crippen molar-refractivity contribution in [1.82, 2.24) is 10.2 Å². The summed E-state index contributed by atoms with van der Waals surface area (Å²) in [5.74, 6) is 0.0837. The number of likely N-dealkylation sites (N-methyl/N-ethyl adjacent to an activating group) is 1. The van der Waals surface area contributed by atoms with E-state index in [9.17, 15) is 9.90 Å². The van der Waals surface area contributed by atoms with E-state index in [0.29, 0.717) is 6.42 Å². The lowest BCUT2D eigenvalue weighted by Gasteiger charge is -2.17. The average Bonchev–Trinajstić information content (AvgIpc) is 2.60. The van der Waals surface area contributed by atoms with Crippen molar-refractivity contribution >= 4 is 11.5 Å². The first-order chi connectivity index (χ1) is 12.0. The number of nitrogens with one attached hydrogen (secondary N) is 1. The summed E-state index contributed by atoms with van der Waals surface area (Å²) in [5.41, 5.74) is 3.96. The molecule has 0 radical (unpaired) electrons. The quantitative estimate of drug-likeness (QED) is 0.793. The van der Waals surface area contributed by atoms with E-state index in [2.05, 4.69) is 5.32 Å². The van der Waals surface area contributed by atoms with Crippen molar-refractivity contribution in [3.63, 3.8) is 0 Å². The summed E-state index contributed by atoms with van der Waals surface area (Å²) in [6.07, 6.45) is 3.98. The van der Waals surface area contributed by atoms with Crippen molar-refractivity contribution in [2.24, 2.45) is 0 Å². The number of hydrogen-bond donors (Lipinski definition) is 2. The molecule has 25 heavy (non-hydrogen) atoms. The fraction of sp³-hybridized carbons (Fsp3) is 0.190. The highest BCUT2D eigenvalue weighted by molar-refractivity contribution is 5.95. The van der Waals surface area contributed by atoms with Gasteiger partial charge in [-0.1, -0.05) is 42.5 Å². The van der Waals surface area contributed by atoms with Crippen LogP contribution in [0.2, 0.25) is 0 Å². The number of phenols is 1. The van der Waals surface area contributed by atoms with E-state index in [0.717, 1.165) is 22.4 Å². The topological polar surface area (TPSA) is 52.6 Å². The van der Waals surface area contributed by atoms with E-state index in [4.69, 9.17) is 0 Å². The van der Waals surface area contributed by atoms with Crippen LogP contribution in [0.4, 0.5) is 0 Å². The molecular weight excluding hydrogens is 312 g/mol. The summed E-state index contributed by atoms with van der Waals surface area (Å²) < 4.78 is 0. The smallest absolute Gasteiger partial charge is 0.248 e. The Morgan fingerprint density at radius 1 is 1.08 bits per heavy atom. The molecule has 0 fully saturated rings. The van der Waals surface area contributed by atoms with Crippen LogP contribution in [0.25, 0.3) is 5.57 Å². The molecule has 2 rings (SSSR count). The van der Waals surface area contributed by atoms with Crippen LogP contribution in [0, 0.1) is 0 Å². The minimum absolute atomic E-state index is 0.161. The second-order valence-electron chi connectivity index (χ2n) is 6.08. The van der Waals surface area contributed by atoms with Gasteiger partial charge >= 0.3 is 0 Å². The Balaban J connectivity index is 2.05. The van der Waals surface area contributed by atoms with Gasteiger partial charge < -0.3 is 15.3 Å². The van der Waals surface area contributed by atoms with Gasteiger partial charge in [0.25, 0.3) is 0 Å². The number of allylic oxidation sites excluding steroid dienone is 2. The Kier molecular flexibility index (Phi) is 6.40. The molecule has 0 aliphatic rings. The van der Waals surface area contributed by atoms with Crippen LogP contribution in [0.3, 0.4) is 0 Å². The largest absolute Gasteiger partial charge is 0.508 e. The van der Waals surface area contributed by atoms with E-state index >= 15 is 0 Å². The summed E-state index contributed by atoms with van der Waals surface area (Å²) in [4.78, 5) is 14.1. The Morgan fingerprint density at radius 3 is 2.32 bits per heavy atom. The molecule has 4 heteroatoms. The number of amides is 1. The fourth-order valence-corrected chi connectivity index (χ4v) is 2.34. The number of carbonyl (C=O) groups is 1. The molecule has 0 heterocycles. The number of aromatic hydroxyl groups is 1. The molecule has 0 bridgehead atoms. The Hall–Kier alpha value is -3.01. The van der Waals surface area contributed by atoms with E-state index in [1.807, 2.05) is 68.4 Å². The van der Waals surface area contributed by atoms with Crippen LogP contribution in [-0.2, 0) is 11.2 Å². The van der Waals surface area contributed by atoms with Crippen LogP contribution in [-0.4, -0.2) is 30.0 Å². The monoisotopic (exact) mass is 336 g/mol. The molecule has 0 atom stereocenters. The predicted octanol–water partition coefficient (Wildman–Crippen LogP) is 3.56. The van der Waals surface area contributed by atoms with E-state index in [1.54, 1.807) is 24.4 Å². The van der Waals surface area contributed by atoms with Gasteiger partial charge in [-0.25, -0.2) is 0 Å². The Labute approximate surface area is 149 Å². The van der Waals surface area contributed by atoms with Gasteiger partial charge in [-0.2, -0.15) is 0 Å². The molecule has 0 aliphatic carbocycles. The van der Waals surface area contributed by atoms with Gasteiger partial charge in [0, 0.05) is 38.5 Å². The standard InChI is InChI=1S/C21H24N2O2/c1-16(18-7-5-4-6-8-18)13-21(25)22-15-19(23(2)3)14-17-9-11-20(24)12-10-17/h4-13,15,24H,14H2,1-3H3,(H,22,25)/b16-13+,19-15-. The third-order valence-electron chi connectivity index (χ3n) is 3.85. The SMILES string of the molecule is C/C(=C\C(=O)N/C=C(/Cc1ccc(O)cc1)N(C)C)c1ccccc1. The second-order valence-corrected chi connectivity index (χ2v) is 6.08. The lowest BCUT2D eigenvalue weighted by atomic mass is 10.1. The van der Waals surface area contributed by atoms with Crippen molar-refractivity contribution in [3.8, 4) is 5.75 Å². The number of phenolic OH excluding ortho intramolecular Hbond substituents is 1. The second kappa shape index (κ2) is 8.73. The average molecular weight is 336 g/mol. The molecule has 130 valence electrons. The van der Waals surface area contributed by atoms with Crippen LogP contribution in [0.15, 0.2) is 72.6 Å². The summed E-state index contributed by atoms with van der Waals surface area (Å²) in [6, 6.07) is 16.9. The normalized spacial score (nSPS) is 12.0. The maximum absolute atomic E-state index is 12.2. The molecule has 0 aliphatic heterocycles. The fourth-order valence-electron chi connectivity index (χ4n) is 2.34. The molecule has 2 aromatic carbocycles. The number of rotatable bonds is 6. The molecule has 0 saturated carbocycles. The first kappa shape index (κ1) is 18.3. The van der Waals surface area contributed by atoms with Crippen molar-refractivity contribution < 1.29 is 9.90 Å². The molecule has 0 aromatic heterocycles. The zero-order valence-corrected chi connectivity index (χ0v) is 14.9. The van der Waals surface area contributed by atoms with Crippen molar-refractivity contribution in [2.45, 2.75) is 13.3 Å². The highest BCUT2D eigenvalue weighted by atomic mass is 16.3. The van der Waals surface area contributed by atoms with Crippen LogP contribution < -0.4 is 5.32 Å². The van der Waals surface area contributed by atoms with Gasteiger partial charge in [-0.15, -0.1) is 0 Å². The maximum atomic E-state index is 12.2. The number of hydrogen-bond acceptors (Lipinski definition) is 3. The van der Waals surface area contributed by atoms with Gasteiger partial charge in [0.1, 0.15) is 5.75 Å².